The molecule has 1 aromatic carbocycles. The fourth-order valence-corrected chi connectivity index (χ4v) is 1.66. The van der Waals surface area contributed by atoms with Crippen LogP contribution < -0.4 is 10.1 Å². The zero-order valence-corrected chi connectivity index (χ0v) is 11.2. The fourth-order valence-electron chi connectivity index (χ4n) is 1.66. The summed E-state index contributed by atoms with van der Waals surface area (Å²) >= 11 is 0. The van der Waals surface area contributed by atoms with Crippen LogP contribution in [0.5, 0.6) is 5.75 Å². The van der Waals surface area contributed by atoms with Gasteiger partial charge in [-0.05, 0) is 27.0 Å². The number of hydrogen-bond acceptors (Lipinski definition) is 3. The first-order valence-corrected chi connectivity index (χ1v) is 6.10. The van der Waals surface area contributed by atoms with Crippen molar-refractivity contribution in [3.05, 3.63) is 29.8 Å². The zero-order valence-electron chi connectivity index (χ0n) is 11.2. The number of rotatable bonds is 7. The minimum Gasteiger partial charge on any atom is -0.490 e. The molecular formula is C14H23NO2. The summed E-state index contributed by atoms with van der Waals surface area (Å²) < 4.78 is 11.0. The summed E-state index contributed by atoms with van der Waals surface area (Å²) in [7, 11) is 3.67. The lowest BCUT2D eigenvalue weighted by Gasteiger charge is -2.20. The first-order chi connectivity index (χ1) is 8.19. The predicted molar refractivity (Wildman–Crippen MR) is 70.5 cm³/mol. The molecule has 0 aliphatic carbocycles. The molecule has 1 rings (SSSR count). The Morgan fingerprint density at radius 3 is 2.59 bits per heavy atom. The highest BCUT2D eigenvalue weighted by Gasteiger charge is 2.11. The van der Waals surface area contributed by atoms with Gasteiger partial charge in [0.05, 0.1) is 6.10 Å². The first kappa shape index (κ1) is 14.0. The molecule has 1 N–H and O–H groups in total. The van der Waals surface area contributed by atoms with E-state index in [1.165, 1.54) is 5.56 Å². The average Bonchev–Trinajstić information content (AvgIpc) is 2.36. The summed E-state index contributed by atoms with van der Waals surface area (Å²) in [6, 6.07) is 8.45. The summed E-state index contributed by atoms with van der Waals surface area (Å²) in [4.78, 5) is 0. The van der Waals surface area contributed by atoms with Crippen molar-refractivity contribution >= 4 is 0 Å². The van der Waals surface area contributed by atoms with Gasteiger partial charge in [0.25, 0.3) is 0 Å². The maximum Gasteiger partial charge on any atom is 0.124 e. The van der Waals surface area contributed by atoms with Gasteiger partial charge in [0.2, 0.25) is 0 Å². The summed E-state index contributed by atoms with van der Waals surface area (Å²) in [6.45, 7) is 4.92. The summed E-state index contributed by atoms with van der Waals surface area (Å²) in [6.07, 6.45) is 1.07. The lowest BCUT2D eigenvalue weighted by atomic mass is 10.1. The second-order valence-electron chi connectivity index (χ2n) is 4.26. The highest BCUT2D eigenvalue weighted by Crippen LogP contribution is 2.25. The third-order valence-electron chi connectivity index (χ3n) is 2.88. The molecule has 0 fully saturated rings. The highest BCUT2D eigenvalue weighted by molar-refractivity contribution is 5.35. The lowest BCUT2D eigenvalue weighted by molar-refractivity contribution is 0.134. The van der Waals surface area contributed by atoms with E-state index in [4.69, 9.17) is 9.47 Å². The Labute approximate surface area is 104 Å². The number of para-hydroxylation sites is 1. The second-order valence-corrected chi connectivity index (χ2v) is 4.26. The molecule has 0 amide bonds. The van der Waals surface area contributed by atoms with Gasteiger partial charge in [-0.3, -0.25) is 0 Å². The number of methoxy groups -OCH3 is 1. The van der Waals surface area contributed by atoms with Crippen LogP contribution in [-0.4, -0.2) is 26.9 Å². The molecule has 0 saturated heterocycles. The minimum atomic E-state index is 0.167. The van der Waals surface area contributed by atoms with Crippen LogP contribution in [0.15, 0.2) is 24.3 Å². The van der Waals surface area contributed by atoms with E-state index in [1.807, 2.05) is 25.2 Å². The van der Waals surface area contributed by atoms with Crippen molar-refractivity contribution in [1.82, 2.24) is 5.32 Å². The maximum absolute atomic E-state index is 5.95. The molecule has 3 heteroatoms. The smallest absolute Gasteiger partial charge is 0.124 e. The van der Waals surface area contributed by atoms with Gasteiger partial charge in [0, 0.05) is 31.7 Å². The zero-order chi connectivity index (χ0) is 12.7. The van der Waals surface area contributed by atoms with E-state index in [0.29, 0.717) is 6.04 Å². The Kier molecular flexibility index (Phi) is 6.01. The van der Waals surface area contributed by atoms with Crippen LogP contribution in [0.2, 0.25) is 0 Å². The molecule has 2 atom stereocenters. The van der Waals surface area contributed by atoms with Crippen LogP contribution in [0.1, 0.15) is 31.9 Å². The van der Waals surface area contributed by atoms with Gasteiger partial charge in [-0.1, -0.05) is 18.2 Å². The van der Waals surface area contributed by atoms with Crippen molar-refractivity contribution in [2.75, 3.05) is 20.8 Å². The predicted octanol–water partition coefficient (Wildman–Crippen LogP) is 2.77. The Hall–Kier alpha value is -1.06. The number of benzene rings is 1. The van der Waals surface area contributed by atoms with E-state index in [1.54, 1.807) is 7.11 Å². The first-order valence-electron chi connectivity index (χ1n) is 6.10. The molecule has 0 aliphatic rings. The molecular weight excluding hydrogens is 214 g/mol. The highest BCUT2D eigenvalue weighted by atomic mass is 16.5. The number of ether oxygens (including phenoxy) is 2. The van der Waals surface area contributed by atoms with Gasteiger partial charge in [-0.2, -0.15) is 0 Å². The van der Waals surface area contributed by atoms with Crippen molar-refractivity contribution in [3.8, 4) is 5.75 Å². The maximum atomic E-state index is 5.95. The van der Waals surface area contributed by atoms with Crippen LogP contribution in [0.4, 0.5) is 0 Å². The molecule has 17 heavy (non-hydrogen) atoms. The summed E-state index contributed by atoms with van der Waals surface area (Å²) in [5.74, 6) is 0.956. The van der Waals surface area contributed by atoms with Gasteiger partial charge in [0.15, 0.2) is 0 Å². The summed E-state index contributed by atoms with van der Waals surface area (Å²) in [5.41, 5.74) is 1.19. The monoisotopic (exact) mass is 237 g/mol. The van der Waals surface area contributed by atoms with E-state index in [0.717, 1.165) is 18.8 Å². The topological polar surface area (TPSA) is 30.5 Å². The fraction of sp³-hybridized carbons (Fsp3) is 0.571. The molecule has 0 heterocycles. The van der Waals surface area contributed by atoms with Crippen LogP contribution in [0, 0.1) is 0 Å². The third-order valence-corrected chi connectivity index (χ3v) is 2.88. The van der Waals surface area contributed by atoms with E-state index in [2.05, 4.69) is 25.2 Å². The molecule has 96 valence electrons. The SMILES string of the molecule is CNC(C)c1ccccc1OC(C)CCOC. The summed E-state index contributed by atoms with van der Waals surface area (Å²) in [5, 5.41) is 3.23. The molecule has 2 unspecified atom stereocenters. The molecule has 0 bridgehead atoms. The Balaban J connectivity index is 2.69. The molecule has 0 aromatic heterocycles. The van der Waals surface area contributed by atoms with Gasteiger partial charge < -0.3 is 14.8 Å². The van der Waals surface area contributed by atoms with Gasteiger partial charge in [-0.15, -0.1) is 0 Å². The molecule has 0 aliphatic heterocycles. The van der Waals surface area contributed by atoms with E-state index >= 15 is 0 Å². The number of hydrogen-bond donors (Lipinski definition) is 1. The third kappa shape index (κ3) is 4.36. The van der Waals surface area contributed by atoms with Gasteiger partial charge >= 0.3 is 0 Å². The van der Waals surface area contributed by atoms with Crippen LogP contribution in [-0.2, 0) is 4.74 Å². The quantitative estimate of drug-likeness (QED) is 0.791. The van der Waals surface area contributed by atoms with Crippen molar-refractivity contribution < 1.29 is 9.47 Å². The van der Waals surface area contributed by atoms with Crippen molar-refractivity contribution in [1.29, 1.82) is 0 Å². The second kappa shape index (κ2) is 7.30. The standard InChI is InChI=1S/C14H23NO2/c1-11(9-10-16-4)17-14-8-6-5-7-13(14)12(2)15-3/h5-8,11-12,15H,9-10H2,1-4H3. The van der Waals surface area contributed by atoms with Crippen molar-refractivity contribution in [2.24, 2.45) is 0 Å². The lowest BCUT2D eigenvalue weighted by Crippen LogP contribution is -2.18. The van der Waals surface area contributed by atoms with E-state index < -0.39 is 0 Å². The van der Waals surface area contributed by atoms with E-state index in [9.17, 15) is 0 Å². The normalized spacial score (nSPS) is 14.4. The molecule has 0 saturated carbocycles. The molecule has 0 radical (unpaired) electrons. The largest absolute Gasteiger partial charge is 0.490 e. The van der Waals surface area contributed by atoms with Crippen LogP contribution >= 0.6 is 0 Å². The van der Waals surface area contributed by atoms with Crippen molar-refractivity contribution in [3.63, 3.8) is 0 Å². The van der Waals surface area contributed by atoms with Gasteiger partial charge in [0.1, 0.15) is 5.75 Å². The average molecular weight is 237 g/mol. The Bertz CT molecular complexity index is 328. The number of nitrogens with one attached hydrogen (secondary N) is 1. The van der Waals surface area contributed by atoms with Crippen LogP contribution in [0.3, 0.4) is 0 Å². The van der Waals surface area contributed by atoms with Crippen molar-refractivity contribution in [2.45, 2.75) is 32.4 Å². The Morgan fingerprint density at radius 2 is 1.94 bits per heavy atom. The molecule has 0 spiro atoms. The van der Waals surface area contributed by atoms with Crippen LogP contribution in [0.25, 0.3) is 0 Å². The van der Waals surface area contributed by atoms with Gasteiger partial charge in [-0.25, -0.2) is 0 Å². The van der Waals surface area contributed by atoms with E-state index in [-0.39, 0.29) is 6.10 Å². The molecule has 1 aromatic rings. The minimum absolute atomic E-state index is 0.167. The Morgan fingerprint density at radius 1 is 1.24 bits per heavy atom. The molecule has 3 nitrogen and oxygen atoms in total.